The zero-order valence-electron chi connectivity index (χ0n) is 11.5. The van der Waals surface area contributed by atoms with Crippen LogP contribution in [0.25, 0.3) is 0 Å². The van der Waals surface area contributed by atoms with Crippen LogP contribution in [0.1, 0.15) is 34.1 Å². The van der Waals surface area contributed by atoms with Gasteiger partial charge in [0.25, 0.3) is 0 Å². The fourth-order valence-corrected chi connectivity index (χ4v) is 1.89. The molecule has 0 aliphatic carbocycles. The van der Waals surface area contributed by atoms with Gasteiger partial charge in [0.2, 0.25) is 5.91 Å². The van der Waals surface area contributed by atoms with E-state index in [0.29, 0.717) is 24.5 Å². The summed E-state index contributed by atoms with van der Waals surface area (Å²) in [7, 11) is 0. The van der Waals surface area contributed by atoms with Gasteiger partial charge in [-0.15, -0.1) is 0 Å². The van der Waals surface area contributed by atoms with Crippen LogP contribution in [0.5, 0.6) is 0 Å². The predicted molar refractivity (Wildman–Crippen MR) is 68.8 cm³/mol. The van der Waals surface area contributed by atoms with Crippen molar-refractivity contribution in [2.45, 2.75) is 46.3 Å². The van der Waals surface area contributed by atoms with Gasteiger partial charge >= 0.3 is 0 Å². The Morgan fingerprint density at radius 2 is 2.12 bits per heavy atom. The SMILES string of the molecule is CC(C)C(C)NC(=O)CNCC1CCOC1C. The molecule has 3 atom stereocenters. The molecular weight excluding hydrogens is 216 g/mol. The van der Waals surface area contributed by atoms with Crippen LogP contribution in [0.4, 0.5) is 0 Å². The van der Waals surface area contributed by atoms with Crippen molar-refractivity contribution < 1.29 is 9.53 Å². The molecule has 0 radical (unpaired) electrons. The van der Waals surface area contributed by atoms with Crippen molar-refractivity contribution in [3.05, 3.63) is 0 Å². The van der Waals surface area contributed by atoms with E-state index in [1.54, 1.807) is 0 Å². The molecule has 3 unspecified atom stereocenters. The van der Waals surface area contributed by atoms with Gasteiger partial charge in [0, 0.05) is 19.2 Å². The van der Waals surface area contributed by atoms with Crippen molar-refractivity contribution in [3.8, 4) is 0 Å². The third-order valence-corrected chi connectivity index (χ3v) is 3.61. The van der Waals surface area contributed by atoms with Crippen molar-refractivity contribution in [2.75, 3.05) is 19.7 Å². The molecule has 0 bridgehead atoms. The van der Waals surface area contributed by atoms with Crippen LogP contribution in [0.2, 0.25) is 0 Å². The van der Waals surface area contributed by atoms with E-state index in [2.05, 4.69) is 31.4 Å². The summed E-state index contributed by atoms with van der Waals surface area (Å²) in [6.45, 7) is 10.5. The number of rotatable bonds is 6. The molecule has 1 saturated heterocycles. The minimum Gasteiger partial charge on any atom is -0.378 e. The molecule has 17 heavy (non-hydrogen) atoms. The lowest BCUT2D eigenvalue weighted by molar-refractivity contribution is -0.121. The van der Waals surface area contributed by atoms with Crippen molar-refractivity contribution in [3.63, 3.8) is 0 Å². The van der Waals surface area contributed by atoms with E-state index in [0.717, 1.165) is 19.6 Å². The largest absolute Gasteiger partial charge is 0.378 e. The van der Waals surface area contributed by atoms with Gasteiger partial charge in [0.1, 0.15) is 0 Å². The van der Waals surface area contributed by atoms with E-state index in [1.807, 2.05) is 6.92 Å². The van der Waals surface area contributed by atoms with Crippen LogP contribution in [0, 0.1) is 11.8 Å². The van der Waals surface area contributed by atoms with E-state index < -0.39 is 0 Å². The molecule has 1 fully saturated rings. The topological polar surface area (TPSA) is 50.4 Å². The van der Waals surface area contributed by atoms with E-state index in [1.165, 1.54) is 0 Å². The molecule has 100 valence electrons. The van der Waals surface area contributed by atoms with Gasteiger partial charge in [-0.25, -0.2) is 0 Å². The van der Waals surface area contributed by atoms with Gasteiger partial charge in [0.05, 0.1) is 12.6 Å². The van der Waals surface area contributed by atoms with Crippen LogP contribution in [0.3, 0.4) is 0 Å². The quantitative estimate of drug-likeness (QED) is 0.735. The Kier molecular flexibility index (Phi) is 5.92. The van der Waals surface area contributed by atoms with Crippen molar-refractivity contribution >= 4 is 5.91 Å². The number of nitrogens with one attached hydrogen (secondary N) is 2. The Balaban J connectivity index is 2.11. The number of ether oxygens (including phenoxy) is 1. The smallest absolute Gasteiger partial charge is 0.234 e. The third kappa shape index (κ3) is 5.04. The maximum absolute atomic E-state index is 11.6. The zero-order valence-corrected chi connectivity index (χ0v) is 11.5. The molecule has 0 aromatic heterocycles. The minimum absolute atomic E-state index is 0.0813. The molecule has 2 N–H and O–H groups in total. The second-order valence-electron chi connectivity index (χ2n) is 5.36. The summed E-state index contributed by atoms with van der Waals surface area (Å²) in [4.78, 5) is 11.6. The summed E-state index contributed by atoms with van der Waals surface area (Å²) in [5, 5.41) is 6.19. The van der Waals surface area contributed by atoms with Crippen molar-refractivity contribution in [1.29, 1.82) is 0 Å². The van der Waals surface area contributed by atoms with Crippen LogP contribution in [-0.2, 0) is 9.53 Å². The number of hydrogen-bond donors (Lipinski definition) is 2. The number of carbonyl (C=O) groups excluding carboxylic acids is 1. The van der Waals surface area contributed by atoms with Gasteiger partial charge < -0.3 is 15.4 Å². The third-order valence-electron chi connectivity index (χ3n) is 3.61. The van der Waals surface area contributed by atoms with Crippen LogP contribution in [0.15, 0.2) is 0 Å². The molecule has 0 aromatic carbocycles. The number of amides is 1. The first-order chi connectivity index (χ1) is 8.00. The number of carbonyl (C=O) groups is 1. The van der Waals surface area contributed by atoms with Gasteiger partial charge in [-0.1, -0.05) is 13.8 Å². The number of hydrogen-bond acceptors (Lipinski definition) is 3. The lowest BCUT2D eigenvalue weighted by Crippen LogP contribution is -2.42. The highest BCUT2D eigenvalue weighted by Crippen LogP contribution is 2.18. The predicted octanol–water partition coefficient (Wildman–Crippen LogP) is 1.16. The molecule has 0 aromatic rings. The van der Waals surface area contributed by atoms with Crippen LogP contribution >= 0.6 is 0 Å². The molecule has 4 heteroatoms. The first-order valence-corrected chi connectivity index (χ1v) is 6.62. The zero-order chi connectivity index (χ0) is 12.8. The van der Waals surface area contributed by atoms with E-state index in [9.17, 15) is 4.79 Å². The maximum Gasteiger partial charge on any atom is 0.234 e. The van der Waals surface area contributed by atoms with Crippen molar-refractivity contribution in [1.82, 2.24) is 10.6 Å². The summed E-state index contributed by atoms with van der Waals surface area (Å²) < 4.78 is 5.48. The van der Waals surface area contributed by atoms with E-state index in [4.69, 9.17) is 4.74 Å². The molecule has 0 spiro atoms. The molecule has 1 aliphatic heterocycles. The van der Waals surface area contributed by atoms with Gasteiger partial charge in [0.15, 0.2) is 0 Å². The Morgan fingerprint density at radius 3 is 2.65 bits per heavy atom. The first-order valence-electron chi connectivity index (χ1n) is 6.62. The maximum atomic E-state index is 11.6. The Labute approximate surface area is 104 Å². The Bertz CT molecular complexity index is 244. The average molecular weight is 242 g/mol. The molecule has 1 rings (SSSR count). The minimum atomic E-state index is 0.0813. The molecule has 1 heterocycles. The van der Waals surface area contributed by atoms with Crippen LogP contribution in [-0.4, -0.2) is 37.7 Å². The second kappa shape index (κ2) is 6.97. The monoisotopic (exact) mass is 242 g/mol. The summed E-state index contributed by atoms with van der Waals surface area (Å²) in [6, 6.07) is 0.234. The molecule has 4 nitrogen and oxygen atoms in total. The summed E-state index contributed by atoms with van der Waals surface area (Å²) in [5.41, 5.74) is 0. The standard InChI is InChI=1S/C13H26N2O2/c1-9(2)10(3)15-13(16)8-14-7-12-5-6-17-11(12)4/h9-12,14H,5-8H2,1-4H3,(H,15,16). The highest BCUT2D eigenvalue weighted by atomic mass is 16.5. The summed E-state index contributed by atoms with van der Waals surface area (Å²) in [5.74, 6) is 1.10. The fraction of sp³-hybridized carbons (Fsp3) is 0.923. The van der Waals surface area contributed by atoms with E-state index in [-0.39, 0.29) is 11.9 Å². The Hall–Kier alpha value is -0.610. The van der Waals surface area contributed by atoms with Gasteiger partial charge in [-0.3, -0.25) is 4.79 Å². The molecule has 1 amide bonds. The highest BCUT2D eigenvalue weighted by Gasteiger charge is 2.23. The Morgan fingerprint density at radius 1 is 1.41 bits per heavy atom. The molecule has 0 saturated carbocycles. The lowest BCUT2D eigenvalue weighted by Gasteiger charge is -2.18. The summed E-state index contributed by atoms with van der Waals surface area (Å²) >= 11 is 0. The molecule has 1 aliphatic rings. The lowest BCUT2D eigenvalue weighted by atomic mass is 10.0. The highest BCUT2D eigenvalue weighted by molar-refractivity contribution is 5.78. The summed E-state index contributed by atoms with van der Waals surface area (Å²) in [6.07, 6.45) is 1.42. The normalized spacial score (nSPS) is 26.2. The van der Waals surface area contributed by atoms with Crippen molar-refractivity contribution in [2.24, 2.45) is 11.8 Å². The average Bonchev–Trinajstić information content (AvgIpc) is 2.64. The fourth-order valence-electron chi connectivity index (χ4n) is 1.89. The van der Waals surface area contributed by atoms with Gasteiger partial charge in [-0.05, 0) is 32.1 Å². The molecular formula is C13H26N2O2. The van der Waals surface area contributed by atoms with E-state index >= 15 is 0 Å². The second-order valence-corrected chi connectivity index (χ2v) is 5.36. The first kappa shape index (κ1) is 14.5. The van der Waals surface area contributed by atoms with Crippen LogP contribution < -0.4 is 10.6 Å². The van der Waals surface area contributed by atoms with Gasteiger partial charge in [-0.2, -0.15) is 0 Å².